The Morgan fingerprint density at radius 2 is 2.14 bits per heavy atom. The summed E-state index contributed by atoms with van der Waals surface area (Å²) in [7, 11) is 1.90. The smallest absolute Gasteiger partial charge is 0.0642 e. The lowest BCUT2D eigenvalue weighted by Gasteiger charge is -2.28. The summed E-state index contributed by atoms with van der Waals surface area (Å²) in [6, 6.07) is 2.11. The highest BCUT2D eigenvalue weighted by Gasteiger charge is 2.11. The molecule has 0 saturated carbocycles. The molecular formula is C10H15N3O. The number of anilines is 2. The van der Waals surface area contributed by atoms with Crippen LogP contribution in [0.25, 0.3) is 0 Å². The summed E-state index contributed by atoms with van der Waals surface area (Å²) in [5, 5.41) is 3.09. The van der Waals surface area contributed by atoms with Crippen molar-refractivity contribution in [3.05, 3.63) is 18.5 Å². The third-order valence-electron chi connectivity index (χ3n) is 2.39. The van der Waals surface area contributed by atoms with Crippen molar-refractivity contribution in [3.8, 4) is 0 Å². The molecule has 4 heteroatoms. The van der Waals surface area contributed by atoms with Crippen molar-refractivity contribution in [2.24, 2.45) is 0 Å². The molecule has 0 aromatic carbocycles. The largest absolute Gasteiger partial charge is 0.387 e. The van der Waals surface area contributed by atoms with Crippen LogP contribution in [0.2, 0.25) is 0 Å². The first-order chi connectivity index (χ1) is 6.90. The number of hydrogen-bond acceptors (Lipinski definition) is 4. The summed E-state index contributed by atoms with van der Waals surface area (Å²) in [5.74, 6) is 0. The van der Waals surface area contributed by atoms with Gasteiger partial charge in [0.15, 0.2) is 0 Å². The highest BCUT2D eigenvalue weighted by Crippen LogP contribution is 2.18. The molecule has 4 nitrogen and oxygen atoms in total. The molecule has 0 spiro atoms. The van der Waals surface area contributed by atoms with E-state index < -0.39 is 0 Å². The molecule has 1 aliphatic heterocycles. The maximum absolute atomic E-state index is 5.30. The molecule has 0 bridgehead atoms. The van der Waals surface area contributed by atoms with Gasteiger partial charge in [-0.1, -0.05) is 0 Å². The van der Waals surface area contributed by atoms with Crippen LogP contribution < -0.4 is 10.2 Å². The number of ether oxygens (including phenoxy) is 1. The predicted molar refractivity (Wildman–Crippen MR) is 56.8 cm³/mol. The van der Waals surface area contributed by atoms with E-state index in [2.05, 4.69) is 21.3 Å². The number of hydrogen-bond donors (Lipinski definition) is 1. The minimum absolute atomic E-state index is 0.809. The van der Waals surface area contributed by atoms with Gasteiger partial charge in [-0.25, -0.2) is 0 Å². The molecule has 1 fully saturated rings. The molecule has 1 aromatic rings. The van der Waals surface area contributed by atoms with Crippen LogP contribution >= 0.6 is 0 Å². The molecule has 2 rings (SSSR count). The second-order valence-electron chi connectivity index (χ2n) is 3.28. The van der Waals surface area contributed by atoms with Gasteiger partial charge in [0.2, 0.25) is 0 Å². The van der Waals surface area contributed by atoms with E-state index in [0.29, 0.717) is 0 Å². The Morgan fingerprint density at radius 3 is 2.86 bits per heavy atom. The molecule has 0 unspecified atom stereocenters. The van der Waals surface area contributed by atoms with E-state index in [1.165, 1.54) is 5.69 Å². The molecule has 0 radical (unpaired) electrons. The van der Waals surface area contributed by atoms with Gasteiger partial charge in [-0.2, -0.15) is 0 Å². The first-order valence-corrected chi connectivity index (χ1v) is 4.85. The van der Waals surface area contributed by atoms with Crippen LogP contribution in [0.4, 0.5) is 11.4 Å². The Kier molecular flexibility index (Phi) is 2.84. The van der Waals surface area contributed by atoms with Gasteiger partial charge in [-0.3, -0.25) is 4.98 Å². The number of aromatic nitrogens is 1. The predicted octanol–water partition coefficient (Wildman–Crippen LogP) is 0.960. The van der Waals surface area contributed by atoms with Gasteiger partial charge in [-0.15, -0.1) is 0 Å². The number of pyridine rings is 1. The van der Waals surface area contributed by atoms with Crippen molar-refractivity contribution >= 4 is 11.4 Å². The average molecular weight is 193 g/mol. The zero-order valence-corrected chi connectivity index (χ0v) is 8.36. The SMILES string of the molecule is CNc1cncc(N2CCOCC2)c1. The number of morpholine rings is 1. The van der Waals surface area contributed by atoms with Gasteiger partial charge in [0.05, 0.1) is 37.0 Å². The molecule has 0 amide bonds. The lowest BCUT2D eigenvalue weighted by molar-refractivity contribution is 0.122. The molecule has 2 heterocycles. The monoisotopic (exact) mass is 193 g/mol. The van der Waals surface area contributed by atoms with Gasteiger partial charge in [0, 0.05) is 20.1 Å². The maximum atomic E-state index is 5.30. The molecule has 0 aliphatic carbocycles. The lowest BCUT2D eigenvalue weighted by Crippen LogP contribution is -2.36. The van der Waals surface area contributed by atoms with Crippen molar-refractivity contribution in [2.75, 3.05) is 43.6 Å². The van der Waals surface area contributed by atoms with E-state index in [1.54, 1.807) is 0 Å². The minimum atomic E-state index is 0.809. The van der Waals surface area contributed by atoms with Gasteiger partial charge >= 0.3 is 0 Å². The van der Waals surface area contributed by atoms with E-state index in [-0.39, 0.29) is 0 Å². The van der Waals surface area contributed by atoms with E-state index >= 15 is 0 Å². The summed E-state index contributed by atoms with van der Waals surface area (Å²) < 4.78 is 5.30. The second kappa shape index (κ2) is 4.28. The summed E-state index contributed by atoms with van der Waals surface area (Å²) >= 11 is 0. The van der Waals surface area contributed by atoms with E-state index in [1.807, 2.05) is 19.4 Å². The quantitative estimate of drug-likeness (QED) is 0.759. The zero-order chi connectivity index (χ0) is 9.80. The molecule has 0 atom stereocenters. The molecule has 1 aliphatic rings. The number of rotatable bonds is 2. The normalized spacial score (nSPS) is 16.8. The Bertz CT molecular complexity index is 297. The van der Waals surface area contributed by atoms with Gasteiger partial charge in [-0.05, 0) is 6.07 Å². The summed E-state index contributed by atoms with van der Waals surface area (Å²) in [4.78, 5) is 6.47. The van der Waals surface area contributed by atoms with Crippen LogP contribution in [-0.4, -0.2) is 38.3 Å². The van der Waals surface area contributed by atoms with Crippen molar-refractivity contribution < 1.29 is 4.74 Å². The molecule has 1 N–H and O–H groups in total. The fraction of sp³-hybridized carbons (Fsp3) is 0.500. The first-order valence-electron chi connectivity index (χ1n) is 4.85. The summed E-state index contributed by atoms with van der Waals surface area (Å²) in [5.41, 5.74) is 2.22. The minimum Gasteiger partial charge on any atom is -0.387 e. The van der Waals surface area contributed by atoms with Crippen molar-refractivity contribution in [1.82, 2.24) is 4.98 Å². The standard InChI is InChI=1S/C10H15N3O/c1-11-9-6-10(8-12-7-9)13-2-4-14-5-3-13/h6-8,11H,2-5H2,1H3. The summed E-state index contributed by atoms with van der Waals surface area (Å²) in [6.07, 6.45) is 3.72. The zero-order valence-electron chi connectivity index (χ0n) is 8.36. The van der Waals surface area contributed by atoms with E-state index in [0.717, 1.165) is 32.0 Å². The third-order valence-corrected chi connectivity index (χ3v) is 2.39. The van der Waals surface area contributed by atoms with Crippen LogP contribution in [0.3, 0.4) is 0 Å². The fourth-order valence-electron chi connectivity index (χ4n) is 1.56. The molecular weight excluding hydrogens is 178 g/mol. The topological polar surface area (TPSA) is 37.4 Å². The Labute approximate surface area is 83.9 Å². The van der Waals surface area contributed by atoms with Crippen LogP contribution in [0.1, 0.15) is 0 Å². The molecule has 76 valence electrons. The Hall–Kier alpha value is -1.29. The maximum Gasteiger partial charge on any atom is 0.0642 e. The van der Waals surface area contributed by atoms with Crippen molar-refractivity contribution in [1.29, 1.82) is 0 Å². The van der Waals surface area contributed by atoms with Crippen LogP contribution in [0.5, 0.6) is 0 Å². The average Bonchev–Trinajstić information content (AvgIpc) is 2.30. The molecule has 1 saturated heterocycles. The highest BCUT2D eigenvalue weighted by atomic mass is 16.5. The lowest BCUT2D eigenvalue weighted by atomic mass is 10.3. The van der Waals surface area contributed by atoms with E-state index in [4.69, 9.17) is 4.74 Å². The van der Waals surface area contributed by atoms with E-state index in [9.17, 15) is 0 Å². The first kappa shape index (κ1) is 9.27. The number of nitrogens with one attached hydrogen (secondary N) is 1. The van der Waals surface area contributed by atoms with Gasteiger partial charge in [0.1, 0.15) is 0 Å². The Morgan fingerprint density at radius 1 is 1.36 bits per heavy atom. The molecule has 14 heavy (non-hydrogen) atoms. The van der Waals surface area contributed by atoms with Crippen LogP contribution in [0, 0.1) is 0 Å². The Balaban J connectivity index is 2.13. The fourth-order valence-corrected chi connectivity index (χ4v) is 1.56. The second-order valence-corrected chi connectivity index (χ2v) is 3.28. The van der Waals surface area contributed by atoms with Crippen LogP contribution in [-0.2, 0) is 4.74 Å². The third kappa shape index (κ3) is 1.96. The summed E-state index contributed by atoms with van der Waals surface area (Å²) in [6.45, 7) is 3.53. The highest BCUT2D eigenvalue weighted by molar-refractivity contribution is 5.55. The van der Waals surface area contributed by atoms with Gasteiger partial charge < -0.3 is 15.0 Å². The number of nitrogens with zero attached hydrogens (tertiary/aromatic N) is 2. The van der Waals surface area contributed by atoms with Crippen molar-refractivity contribution in [2.45, 2.75) is 0 Å². The van der Waals surface area contributed by atoms with Crippen molar-refractivity contribution in [3.63, 3.8) is 0 Å². The molecule has 1 aromatic heterocycles. The van der Waals surface area contributed by atoms with Crippen LogP contribution in [0.15, 0.2) is 18.5 Å². The van der Waals surface area contributed by atoms with Gasteiger partial charge in [0.25, 0.3) is 0 Å².